The molecular formula is C23H30N2O5. The minimum Gasteiger partial charge on any atom is -0.342 e. The molecule has 1 aliphatic carbocycles. The maximum absolute atomic E-state index is 13.0. The van der Waals surface area contributed by atoms with Crippen molar-refractivity contribution in [3.63, 3.8) is 0 Å². The molecule has 0 unspecified atom stereocenters. The fourth-order valence-electron chi connectivity index (χ4n) is 3.92. The highest BCUT2D eigenvalue weighted by atomic mass is 16.7. The third-order valence-corrected chi connectivity index (χ3v) is 5.83. The van der Waals surface area contributed by atoms with Crippen LogP contribution in [0.1, 0.15) is 64.8 Å². The molecule has 1 N–H and O–H groups in total. The van der Waals surface area contributed by atoms with Crippen molar-refractivity contribution in [2.24, 2.45) is 17.8 Å². The number of amides is 3. The van der Waals surface area contributed by atoms with Crippen LogP contribution in [-0.2, 0) is 30.4 Å². The molecule has 0 aromatic heterocycles. The van der Waals surface area contributed by atoms with E-state index in [-0.39, 0.29) is 24.3 Å². The number of imide groups is 1. The van der Waals surface area contributed by atoms with Gasteiger partial charge in [0.15, 0.2) is 0 Å². The van der Waals surface area contributed by atoms with Crippen LogP contribution in [0.5, 0.6) is 0 Å². The zero-order valence-corrected chi connectivity index (χ0v) is 17.2. The molecule has 3 rings (SSSR count). The van der Waals surface area contributed by atoms with Crippen LogP contribution < -0.4 is 5.32 Å². The number of carbonyl (C=O) groups is 4. The largest absolute Gasteiger partial charge is 0.355 e. The highest BCUT2D eigenvalue weighted by Crippen LogP contribution is 2.33. The van der Waals surface area contributed by atoms with Gasteiger partial charge < -0.3 is 10.2 Å². The Morgan fingerprint density at radius 1 is 1.10 bits per heavy atom. The Morgan fingerprint density at radius 2 is 1.70 bits per heavy atom. The zero-order chi connectivity index (χ0) is 26.0. The van der Waals surface area contributed by atoms with Crippen molar-refractivity contribution in [2.45, 2.75) is 64.8 Å². The molecule has 2 aliphatic rings. The number of hydrogen-bond donors (Lipinski definition) is 1. The number of carbonyl (C=O) groups excluding carboxylic acids is 4. The van der Waals surface area contributed by atoms with Crippen LogP contribution in [0.2, 0.25) is 0 Å². The van der Waals surface area contributed by atoms with E-state index in [2.05, 4.69) is 19.2 Å². The fourth-order valence-corrected chi connectivity index (χ4v) is 3.92. The lowest BCUT2D eigenvalue weighted by Crippen LogP contribution is -2.48. The predicted molar refractivity (Wildman–Crippen MR) is 110 cm³/mol. The van der Waals surface area contributed by atoms with Crippen molar-refractivity contribution in [3.05, 3.63) is 35.8 Å². The molecule has 7 heteroatoms. The summed E-state index contributed by atoms with van der Waals surface area (Å²) >= 11 is 0. The van der Waals surface area contributed by atoms with E-state index in [9.17, 15) is 19.2 Å². The number of rotatable bonds is 7. The van der Waals surface area contributed by atoms with E-state index in [0.29, 0.717) is 29.7 Å². The molecule has 30 heavy (non-hydrogen) atoms. The number of nitrogens with one attached hydrogen (secondary N) is 1. The molecule has 1 saturated heterocycles. The van der Waals surface area contributed by atoms with Gasteiger partial charge in [-0.15, -0.1) is 5.06 Å². The molecule has 1 aromatic rings. The van der Waals surface area contributed by atoms with Gasteiger partial charge >= 0.3 is 5.97 Å². The maximum atomic E-state index is 13.0. The SMILES string of the molecule is [2H]c1c([2H])c([2H])c(C[C@@H](NC(=O)C2CCC(C(C)C)CC2)C(=O)ON2C(=O)CCC2=O)c([2H])c1[2H]. The van der Waals surface area contributed by atoms with Gasteiger partial charge in [0.2, 0.25) is 5.91 Å². The van der Waals surface area contributed by atoms with E-state index in [4.69, 9.17) is 11.7 Å². The second kappa shape index (κ2) is 9.87. The van der Waals surface area contributed by atoms with E-state index in [1.165, 1.54) is 0 Å². The molecule has 7 nitrogen and oxygen atoms in total. The Bertz CT molecular complexity index is 995. The summed E-state index contributed by atoms with van der Waals surface area (Å²) in [6.45, 7) is 4.27. The Morgan fingerprint density at radius 3 is 2.27 bits per heavy atom. The smallest absolute Gasteiger partial charge is 0.342 e. The first-order valence-corrected chi connectivity index (χ1v) is 10.4. The minimum atomic E-state index is -1.46. The van der Waals surface area contributed by atoms with Gasteiger partial charge in [0.05, 0.1) is 6.85 Å². The Hall–Kier alpha value is -2.70. The van der Waals surface area contributed by atoms with E-state index in [1.807, 2.05) is 0 Å². The topological polar surface area (TPSA) is 92.8 Å². The zero-order valence-electron chi connectivity index (χ0n) is 22.2. The van der Waals surface area contributed by atoms with Gasteiger partial charge in [-0.25, -0.2) is 4.79 Å². The molecule has 0 bridgehead atoms. The molecule has 1 heterocycles. The van der Waals surface area contributed by atoms with Crippen molar-refractivity contribution >= 4 is 23.7 Å². The third-order valence-electron chi connectivity index (χ3n) is 5.83. The molecule has 2 fully saturated rings. The number of benzene rings is 1. The van der Waals surface area contributed by atoms with Gasteiger partial charge in [-0.2, -0.15) is 0 Å². The molecular weight excluding hydrogens is 384 g/mol. The average Bonchev–Trinajstić information content (AvgIpc) is 3.15. The van der Waals surface area contributed by atoms with Gasteiger partial charge in [-0.05, 0) is 43.1 Å². The molecule has 1 aliphatic heterocycles. The molecule has 1 atom stereocenters. The Kier molecular flexibility index (Phi) is 5.28. The number of hydroxylamine groups is 2. The highest BCUT2D eigenvalue weighted by Gasteiger charge is 2.36. The summed E-state index contributed by atoms with van der Waals surface area (Å²) in [5.41, 5.74) is -0.180. The van der Waals surface area contributed by atoms with Gasteiger partial charge in [0.25, 0.3) is 11.8 Å². The van der Waals surface area contributed by atoms with Crippen LogP contribution in [0, 0.1) is 17.8 Å². The molecule has 1 aromatic carbocycles. The first-order chi connectivity index (χ1) is 16.4. The molecule has 3 amide bonds. The molecule has 162 valence electrons. The number of nitrogens with zero attached hydrogens (tertiary/aromatic N) is 1. The summed E-state index contributed by atoms with van der Waals surface area (Å²) in [5, 5.41) is 2.95. The Balaban J connectivity index is 1.84. The molecule has 0 spiro atoms. The summed E-state index contributed by atoms with van der Waals surface area (Å²) in [6.07, 6.45) is 2.33. The van der Waals surface area contributed by atoms with Crippen molar-refractivity contribution in [1.82, 2.24) is 10.4 Å². The van der Waals surface area contributed by atoms with Crippen LogP contribution >= 0.6 is 0 Å². The summed E-state index contributed by atoms with van der Waals surface area (Å²) in [7, 11) is 0. The number of hydrogen-bond acceptors (Lipinski definition) is 5. The normalized spacial score (nSPS) is 25.2. The first kappa shape index (κ1) is 16.1. The lowest BCUT2D eigenvalue weighted by Gasteiger charge is -2.31. The average molecular weight is 420 g/mol. The summed E-state index contributed by atoms with van der Waals surface area (Å²) in [5.74, 6) is -2.26. The van der Waals surface area contributed by atoms with Crippen LogP contribution in [0.15, 0.2) is 30.2 Å². The highest BCUT2D eigenvalue weighted by molar-refractivity contribution is 6.02. The van der Waals surface area contributed by atoms with E-state index in [1.54, 1.807) is 0 Å². The molecule has 1 saturated carbocycles. The summed E-state index contributed by atoms with van der Waals surface area (Å²) in [6, 6.07) is -4.20. The van der Waals surface area contributed by atoms with Crippen LogP contribution in [0.4, 0.5) is 0 Å². The minimum absolute atomic E-state index is 0.106. The van der Waals surface area contributed by atoms with Crippen LogP contribution in [0.25, 0.3) is 0 Å². The van der Waals surface area contributed by atoms with Crippen molar-refractivity contribution in [3.8, 4) is 0 Å². The van der Waals surface area contributed by atoms with Crippen molar-refractivity contribution in [1.29, 1.82) is 0 Å². The van der Waals surface area contributed by atoms with Crippen LogP contribution in [-0.4, -0.2) is 34.8 Å². The summed E-state index contributed by atoms with van der Waals surface area (Å²) in [4.78, 5) is 54.8. The Labute approximate surface area is 184 Å². The lowest BCUT2D eigenvalue weighted by molar-refractivity contribution is -0.199. The first-order valence-electron chi connectivity index (χ1n) is 12.9. The van der Waals surface area contributed by atoms with Crippen molar-refractivity contribution in [2.75, 3.05) is 0 Å². The second-order valence-corrected chi connectivity index (χ2v) is 8.22. The maximum Gasteiger partial charge on any atom is 0.355 e. The van der Waals surface area contributed by atoms with Crippen molar-refractivity contribution < 1.29 is 30.9 Å². The lowest BCUT2D eigenvalue weighted by atomic mass is 9.76. The van der Waals surface area contributed by atoms with E-state index < -0.39 is 66.4 Å². The second-order valence-electron chi connectivity index (χ2n) is 8.22. The van der Waals surface area contributed by atoms with E-state index in [0.717, 1.165) is 12.8 Å². The van der Waals surface area contributed by atoms with E-state index >= 15 is 0 Å². The van der Waals surface area contributed by atoms with Crippen LogP contribution in [0.3, 0.4) is 0 Å². The summed E-state index contributed by atoms with van der Waals surface area (Å²) < 4.78 is 39.8. The predicted octanol–water partition coefficient (Wildman–Crippen LogP) is 2.78. The fraction of sp³-hybridized carbons (Fsp3) is 0.565. The third kappa shape index (κ3) is 5.46. The van der Waals surface area contributed by atoms with Gasteiger partial charge in [-0.1, -0.05) is 44.1 Å². The molecule has 0 radical (unpaired) electrons. The van der Waals surface area contributed by atoms with Gasteiger partial charge in [0.1, 0.15) is 6.04 Å². The van der Waals surface area contributed by atoms with Gasteiger partial charge in [-0.3, -0.25) is 14.4 Å². The quantitative estimate of drug-likeness (QED) is 0.686. The van der Waals surface area contributed by atoms with Gasteiger partial charge in [0, 0.05) is 25.2 Å². The monoisotopic (exact) mass is 419 g/mol. The standard InChI is InChI=1S/C23H30N2O5/c1-15(2)17-8-10-18(11-9-17)22(28)24-19(14-16-6-4-3-5-7-16)23(29)30-25-20(26)12-13-21(25)27/h3-7,15,17-19H,8-14H2,1-2H3,(H,24,28)/t17?,18?,19-/m1/s1/i3D,4D,5D,6D,7D.